The van der Waals surface area contributed by atoms with Gasteiger partial charge in [-0.15, -0.1) is 0 Å². The Bertz CT molecular complexity index is 678. The van der Waals surface area contributed by atoms with Crippen LogP contribution in [-0.2, 0) is 14.3 Å². The van der Waals surface area contributed by atoms with Gasteiger partial charge in [0, 0.05) is 31.0 Å². The number of nitrogens with zero attached hydrogens (tertiary/aromatic N) is 2. The number of nitrogens with one attached hydrogen (secondary N) is 1. The summed E-state index contributed by atoms with van der Waals surface area (Å²) >= 11 is 0. The summed E-state index contributed by atoms with van der Waals surface area (Å²) in [5, 5.41) is 2.75. The number of morpholine rings is 1. The van der Waals surface area contributed by atoms with E-state index in [1.807, 2.05) is 0 Å². The maximum atomic E-state index is 12.9. The lowest BCUT2D eigenvalue weighted by Gasteiger charge is -2.30. The number of amides is 2. The number of anilines is 2. The minimum Gasteiger partial charge on any atom is -0.370 e. The zero-order valence-electron chi connectivity index (χ0n) is 15.7. The quantitative estimate of drug-likeness (QED) is 0.657. The maximum absolute atomic E-state index is 12.9. The zero-order chi connectivity index (χ0) is 20.1. The van der Waals surface area contributed by atoms with Crippen molar-refractivity contribution in [3.63, 3.8) is 0 Å². The first kappa shape index (κ1) is 20.6. The molecule has 0 spiro atoms. The van der Waals surface area contributed by atoms with Crippen LogP contribution in [0.1, 0.15) is 12.8 Å². The number of hydrogen-bond donors (Lipinski definition) is 2. The summed E-state index contributed by atoms with van der Waals surface area (Å²) in [6, 6.07) is 6.02. The van der Waals surface area contributed by atoms with E-state index in [-0.39, 0.29) is 19.1 Å². The van der Waals surface area contributed by atoms with Crippen molar-refractivity contribution < 1.29 is 23.1 Å². The van der Waals surface area contributed by atoms with Crippen molar-refractivity contribution in [2.24, 2.45) is 11.7 Å². The first-order valence-electron chi connectivity index (χ1n) is 9.49. The van der Waals surface area contributed by atoms with Crippen LogP contribution < -0.4 is 16.0 Å². The first-order chi connectivity index (χ1) is 13.5. The average molecular weight is 396 g/mol. The molecule has 0 radical (unpaired) electrons. The summed E-state index contributed by atoms with van der Waals surface area (Å²) < 4.78 is 31.0. The Balaban J connectivity index is 1.63. The number of alkyl halides is 2. The van der Waals surface area contributed by atoms with Crippen LogP contribution in [0.25, 0.3) is 0 Å². The van der Waals surface area contributed by atoms with Crippen molar-refractivity contribution >= 4 is 23.2 Å². The minimum atomic E-state index is -2.52. The molecule has 1 aromatic rings. The monoisotopic (exact) mass is 396 g/mol. The molecule has 9 heteroatoms. The van der Waals surface area contributed by atoms with Crippen LogP contribution >= 0.6 is 0 Å². The van der Waals surface area contributed by atoms with Crippen LogP contribution in [0, 0.1) is 5.92 Å². The fourth-order valence-corrected chi connectivity index (χ4v) is 3.30. The molecule has 1 atom stereocenters. The molecule has 2 aliphatic rings. The summed E-state index contributed by atoms with van der Waals surface area (Å²) in [7, 11) is 0. The Kier molecular flexibility index (Phi) is 6.93. The van der Waals surface area contributed by atoms with E-state index in [2.05, 4.69) is 5.32 Å². The number of carbonyl (C=O) groups is 2. The Morgan fingerprint density at radius 2 is 2.04 bits per heavy atom. The highest BCUT2D eigenvalue weighted by Gasteiger charge is 2.32. The van der Waals surface area contributed by atoms with E-state index in [0.29, 0.717) is 31.3 Å². The fourth-order valence-electron chi connectivity index (χ4n) is 3.30. The first-order valence-corrected chi connectivity index (χ1v) is 9.49. The highest BCUT2D eigenvalue weighted by molar-refractivity contribution is 5.97. The second-order valence-corrected chi connectivity index (χ2v) is 7.17. The van der Waals surface area contributed by atoms with Gasteiger partial charge >= 0.3 is 0 Å². The second kappa shape index (κ2) is 9.40. The summed E-state index contributed by atoms with van der Waals surface area (Å²) in [6.07, 6.45) is -0.522. The standard InChI is InChI=1S/C19H26F2N4O3/c20-17(21)11-24(10-13-1-2-13)16(9-22)19(27)23-14-3-5-15(6-4-14)25-7-8-28-12-18(25)26/h3-6,13,16-17H,1-2,7-12,22H2,(H,23,27). The lowest BCUT2D eigenvalue weighted by Crippen LogP contribution is -2.51. The summed E-state index contributed by atoms with van der Waals surface area (Å²) in [6.45, 7) is 0.956. The highest BCUT2D eigenvalue weighted by atomic mass is 19.3. The molecule has 1 unspecified atom stereocenters. The van der Waals surface area contributed by atoms with E-state index in [1.54, 1.807) is 29.2 Å². The maximum Gasteiger partial charge on any atom is 0.253 e. The molecule has 0 aromatic heterocycles. The van der Waals surface area contributed by atoms with E-state index in [4.69, 9.17) is 10.5 Å². The number of hydrogen-bond acceptors (Lipinski definition) is 5. The molecule has 154 valence electrons. The van der Waals surface area contributed by atoms with Crippen LogP contribution in [-0.4, -0.2) is 68.6 Å². The molecule has 1 aliphatic heterocycles. The van der Waals surface area contributed by atoms with Crippen LogP contribution in [0.5, 0.6) is 0 Å². The third-order valence-electron chi connectivity index (χ3n) is 4.96. The van der Waals surface area contributed by atoms with Crippen molar-refractivity contribution in [1.29, 1.82) is 0 Å². The largest absolute Gasteiger partial charge is 0.370 e. The van der Waals surface area contributed by atoms with Gasteiger partial charge < -0.3 is 20.7 Å². The third kappa shape index (κ3) is 5.46. The van der Waals surface area contributed by atoms with Gasteiger partial charge in [-0.05, 0) is 43.0 Å². The van der Waals surface area contributed by atoms with E-state index in [0.717, 1.165) is 18.5 Å². The van der Waals surface area contributed by atoms with Gasteiger partial charge in [-0.1, -0.05) is 0 Å². The topological polar surface area (TPSA) is 87.9 Å². The Hall–Kier alpha value is -2.10. The molecule has 3 N–H and O–H groups in total. The van der Waals surface area contributed by atoms with Crippen molar-refractivity contribution in [1.82, 2.24) is 4.90 Å². The minimum absolute atomic E-state index is 0.0361. The highest BCUT2D eigenvalue weighted by Crippen LogP contribution is 2.30. The van der Waals surface area contributed by atoms with Crippen molar-refractivity contribution in [3.8, 4) is 0 Å². The number of halogens is 2. The molecule has 1 aromatic carbocycles. The smallest absolute Gasteiger partial charge is 0.253 e. The van der Waals surface area contributed by atoms with E-state index in [9.17, 15) is 18.4 Å². The van der Waals surface area contributed by atoms with Gasteiger partial charge in [0.25, 0.3) is 12.3 Å². The molecule has 3 rings (SSSR count). The van der Waals surface area contributed by atoms with Crippen LogP contribution in [0.2, 0.25) is 0 Å². The fraction of sp³-hybridized carbons (Fsp3) is 0.579. The zero-order valence-corrected chi connectivity index (χ0v) is 15.7. The molecule has 1 heterocycles. The Morgan fingerprint density at radius 1 is 1.32 bits per heavy atom. The molecular weight excluding hydrogens is 370 g/mol. The molecule has 1 aliphatic carbocycles. The van der Waals surface area contributed by atoms with Crippen LogP contribution in [0.4, 0.5) is 20.2 Å². The average Bonchev–Trinajstić information content (AvgIpc) is 3.47. The predicted octanol–water partition coefficient (Wildman–Crippen LogP) is 1.29. The summed E-state index contributed by atoms with van der Waals surface area (Å²) in [4.78, 5) is 27.6. The molecule has 1 saturated carbocycles. The van der Waals surface area contributed by atoms with Gasteiger partial charge in [-0.2, -0.15) is 0 Å². The molecule has 1 saturated heterocycles. The SMILES string of the molecule is NCC(C(=O)Nc1ccc(N2CCOCC2=O)cc1)N(CC(F)F)CC1CC1. The predicted molar refractivity (Wildman–Crippen MR) is 101 cm³/mol. The number of nitrogens with two attached hydrogens (primary N) is 1. The lowest BCUT2D eigenvalue weighted by atomic mass is 10.2. The van der Waals surface area contributed by atoms with E-state index < -0.39 is 24.9 Å². The second-order valence-electron chi connectivity index (χ2n) is 7.17. The number of ether oxygens (including phenoxy) is 1. The number of rotatable bonds is 9. The molecule has 2 amide bonds. The lowest BCUT2D eigenvalue weighted by molar-refractivity contribution is -0.125. The van der Waals surface area contributed by atoms with E-state index in [1.165, 1.54) is 4.90 Å². The Morgan fingerprint density at radius 3 is 2.61 bits per heavy atom. The number of carbonyl (C=O) groups excluding carboxylic acids is 2. The van der Waals surface area contributed by atoms with Gasteiger partial charge in [0.05, 0.1) is 13.2 Å². The normalized spacial score (nSPS) is 18.6. The summed E-state index contributed by atoms with van der Waals surface area (Å²) in [5.74, 6) is -0.154. The van der Waals surface area contributed by atoms with Gasteiger partial charge in [0.2, 0.25) is 5.91 Å². The molecular formula is C19H26F2N4O3. The molecule has 2 fully saturated rings. The molecule has 7 nitrogen and oxygen atoms in total. The van der Waals surface area contributed by atoms with Gasteiger partial charge in [0.15, 0.2) is 0 Å². The van der Waals surface area contributed by atoms with Gasteiger partial charge in [0.1, 0.15) is 12.6 Å². The Labute approximate surface area is 162 Å². The van der Waals surface area contributed by atoms with Crippen molar-refractivity contribution in [2.75, 3.05) is 49.6 Å². The van der Waals surface area contributed by atoms with Crippen LogP contribution in [0.15, 0.2) is 24.3 Å². The number of benzene rings is 1. The van der Waals surface area contributed by atoms with Crippen molar-refractivity contribution in [2.45, 2.75) is 25.3 Å². The van der Waals surface area contributed by atoms with Crippen LogP contribution in [0.3, 0.4) is 0 Å². The van der Waals surface area contributed by atoms with E-state index >= 15 is 0 Å². The molecule has 0 bridgehead atoms. The van der Waals surface area contributed by atoms with Crippen molar-refractivity contribution in [3.05, 3.63) is 24.3 Å². The summed E-state index contributed by atoms with van der Waals surface area (Å²) in [5.41, 5.74) is 6.98. The van der Waals surface area contributed by atoms with Gasteiger partial charge in [-0.25, -0.2) is 8.78 Å². The third-order valence-corrected chi connectivity index (χ3v) is 4.96. The molecule has 28 heavy (non-hydrogen) atoms. The van der Waals surface area contributed by atoms with Gasteiger partial charge in [-0.3, -0.25) is 14.5 Å².